The minimum atomic E-state index is -0.473. The summed E-state index contributed by atoms with van der Waals surface area (Å²) in [6, 6.07) is 9.80. The van der Waals surface area contributed by atoms with Gasteiger partial charge in [-0.15, -0.1) is 0 Å². The van der Waals surface area contributed by atoms with Gasteiger partial charge in [0.1, 0.15) is 0 Å². The third kappa shape index (κ3) is 3.55. The van der Waals surface area contributed by atoms with E-state index in [4.69, 9.17) is 14.2 Å². The summed E-state index contributed by atoms with van der Waals surface area (Å²) in [7, 11) is 4.48. The normalized spacial score (nSPS) is 13.3. The van der Waals surface area contributed by atoms with E-state index in [0.717, 1.165) is 11.1 Å². The van der Waals surface area contributed by atoms with E-state index < -0.39 is 12.0 Å². The summed E-state index contributed by atoms with van der Waals surface area (Å²) in [6.07, 6.45) is -0.473. The van der Waals surface area contributed by atoms with Crippen LogP contribution in [0.15, 0.2) is 36.4 Å². The van der Waals surface area contributed by atoms with Crippen molar-refractivity contribution < 1.29 is 29.5 Å². The van der Waals surface area contributed by atoms with Gasteiger partial charge in [-0.05, 0) is 35.4 Å². The molecule has 0 heterocycles. The van der Waals surface area contributed by atoms with Gasteiger partial charge in [-0.25, -0.2) is 0 Å². The van der Waals surface area contributed by atoms with Gasteiger partial charge in [-0.2, -0.15) is 0 Å². The number of hydrogen-bond donors (Lipinski definition) is 3. The molecule has 0 aromatic heterocycles. The zero-order valence-electron chi connectivity index (χ0n) is 13.9. The minimum Gasteiger partial charge on any atom is -0.504 e. The zero-order valence-corrected chi connectivity index (χ0v) is 13.9. The summed E-state index contributed by atoms with van der Waals surface area (Å²) < 4.78 is 15.8. The molecule has 2 aromatic carbocycles. The molecule has 2 atom stereocenters. The van der Waals surface area contributed by atoms with Gasteiger partial charge in [0.05, 0.1) is 26.9 Å². The molecule has 0 fully saturated rings. The van der Waals surface area contributed by atoms with Crippen molar-refractivity contribution in [3.05, 3.63) is 47.5 Å². The molecular weight excluding hydrogens is 312 g/mol. The van der Waals surface area contributed by atoms with Crippen molar-refractivity contribution in [3.63, 3.8) is 0 Å². The predicted octanol–water partition coefficient (Wildman–Crippen LogP) is 2.58. The van der Waals surface area contributed by atoms with Crippen LogP contribution in [0.4, 0.5) is 0 Å². The Hall–Kier alpha value is -2.44. The van der Waals surface area contributed by atoms with E-state index in [1.165, 1.54) is 26.4 Å². The first kappa shape index (κ1) is 17.9. The minimum absolute atomic E-state index is 0.0261. The summed E-state index contributed by atoms with van der Waals surface area (Å²) in [4.78, 5) is 0. The van der Waals surface area contributed by atoms with Gasteiger partial charge in [0, 0.05) is 13.0 Å². The lowest BCUT2D eigenvalue weighted by atomic mass is 9.89. The Morgan fingerprint density at radius 2 is 1.33 bits per heavy atom. The third-order valence-electron chi connectivity index (χ3n) is 3.98. The molecule has 0 spiro atoms. The van der Waals surface area contributed by atoms with Crippen molar-refractivity contribution in [2.24, 2.45) is 0 Å². The Labute approximate surface area is 140 Å². The van der Waals surface area contributed by atoms with Crippen molar-refractivity contribution >= 4 is 0 Å². The summed E-state index contributed by atoms with van der Waals surface area (Å²) >= 11 is 0. The van der Waals surface area contributed by atoms with Crippen molar-refractivity contribution in [2.45, 2.75) is 12.0 Å². The number of benzene rings is 2. The number of phenols is 2. The van der Waals surface area contributed by atoms with Gasteiger partial charge in [-0.3, -0.25) is 0 Å². The SMILES string of the molecule is COc1cc(C(CO)C(OC)c2ccc(O)c(OC)c2)ccc1O. The second-order valence-corrected chi connectivity index (χ2v) is 5.31. The van der Waals surface area contributed by atoms with Gasteiger partial charge in [0.25, 0.3) is 0 Å². The Bertz CT molecular complexity index is 626. The van der Waals surface area contributed by atoms with Crippen LogP contribution >= 0.6 is 0 Å². The molecule has 2 unspecified atom stereocenters. The highest BCUT2D eigenvalue weighted by Crippen LogP contribution is 2.39. The molecule has 0 saturated carbocycles. The van der Waals surface area contributed by atoms with Crippen LogP contribution in [0, 0.1) is 0 Å². The van der Waals surface area contributed by atoms with Crippen LogP contribution in [0.1, 0.15) is 23.1 Å². The van der Waals surface area contributed by atoms with E-state index >= 15 is 0 Å². The molecule has 0 aliphatic heterocycles. The molecule has 24 heavy (non-hydrogen) atoms. The van der Waals surface area contributed by atoms with Crippen LogP contribution in [-0.2, 0) is 4.74 Å². The molecule has 130 valence electrons. The highest BCUT2D eigenvalue weighted by atomic mass is 16.5. The topological polar surface area (TPSA) is 88.4 Å². The van der Waals surface area contributed by atoms with E-state index in [2.05, 4.69) is 0 Å². The molecule has 0 bridgehead atoms. The van der Waals surface area contributed by atoms with E-state index in [-0.39, 0.29) is 18.1 Å². The van der Waals surface area contributed by atoms with Gasteiger partial charge < -0.3 is 29.5 Å². The standard InChI is InChI=1S/C18H22O6/c1-22-16-8-11(4-6-14(16)20)13(10-19)18(24-3)12-5-7-15(21)17(9-12)23-2/h4-9,13,18-21H,10H2,1-3H3. The highest BCUT2D eigenvalue weighted by Gasteiger charge is 2.26. The van der Waals surface area contributed by atoms with Crippen LogP contribution in [-0.4, -0.2) is 43.3 Å². The molecule has 0 amide bonds. The maximum absolute atomic E-state index is 9.89. The maximum Gasteiger partial charge on any atom is 0.160 e. The van der Waals surface area contributed by atoms with Crippen LogP contribution in [0.5, 0.6) is 23.0 Å². The first-order chi connectivity index (χ1) is 11.5. The average Bonchev–Trinajstić information content (AvgIpc) is 2.61. The molecule has 0 aliphatic rings. The monoisotopic (exact) mass is 334 g/mol. The Morgan fingerprint density at radius 3 is 1.79 bits per heavy atom. The fraction of sp³-hybridized carbons (Fsp3) is 0.333. The number of phenolic OH excluding ortho intramolecular Hbond substituents is 2. The lowest BCUT2D eigenvalue weighted by Gasteiger charge is -2.26. The average molecular weight is 334 g/mol. The van der Waals surface area contributed by atoms with Crippen LogP contribution < -0.4 is 9.47 Å². The first-order valence-electron chi connectivity index (χ1n) is 7.43. The molecule has 3 N–H and O–H groups in total. The molecule has 2 rings (SSSR count). The molecular formula is C18H22O6. The smallest absolute Gasteiger partial charge is 0.160 e. The van der Waals surface area contributed by atoms with Gasteiger partial charge in [-0.1, -0.05) is 12.1 Å². The van der Waals surface area contributed by atoms with Crippen molar-refractivity contribution in [1.29, 1.82) is 0 Å². The molecule has 0 saturated heterocycles. The highest BCUT2D eigenvalue weighted by molar-refractivity contribution is 5.46. The van der Waals surface area contributed by atoms with Crippen molar-refractivity contribution in [1.82, 2.24) is 0 Å². The summed E-state index contributed by atoms with van der Waals surface area (Å²) in [6.45, 7) is -0.171. The van der Waals surface area contributed by atoms with Crippen LogP contribution in [0.2, 0.25) is 0 Å². The van der Waals surface area contributed by atoms with E-state index in [0.29, 0.717) is 11.5 Å². The Balaban J connectivity index is 2.43. The lowest BCUT2D eigenvalue weighted by molar-refractivity contribution is 0.0563. The molecule has 6 heteroatoms. The van der Waals surface area contributed by atoms with E-state index in [1.807, 2.05) is 0 Å². The summed E-state index contributed by atoms with van der Waals surface area (Å²) in [5.74, 6) is 0.318. The van der Waals surface area contributed by atoms with E-state index in [9.17, 15) is 15.3 Å². The second kappa shape index (κ2) is 7.90. The largest absolute Gasteiger partial charge is 0.504 e. The molecule has 0 aliphatic carbocycles. The van der Waals surface area contributed by atoms with Crippen molar-refractivity contribution in [2.75, 3.05) is 27.9 Å². The fourth-order valence-electron chi connectivity index (χ4n) is 2.70. The molecule has 2 aromatic rings. The Kier molecular flexibility index (Phi) is 5.89. The van der Waals surface area contributed by atoms with Crippen LogP contribution in [0.3, 0.4) is 0 Å². The quantitative estimate of drug-likeness (QED) is 0.721. The fourth-order valence-corrected chi connectivity index (χ4v) is 2.70. The first-order valence-corrected chi connectivity index (χ1v) is 7.43. The number of methoxy groups -OCH3 is 3. The van der Waals surface area contributed by atoms with E-state index in [1.54, 1.807) is 31.4 Å². The zero-order chi connectivity index (χ0) is 17.7. The Morgan fingerprint density at radius 1 is 0.833 bits per heavy atom. The molecule has 0 radical (unpaired) electrons. The lowest BCUT2D eigenvalue weighted by Crippen LogP contribution is -2.17. The summed E-state index contributed by atoms with van der Waals surface area (Å²) in [5, 5.41) is 29.4. The van der Waals surface area contributed by atoms with Crippen molar-refractivity contribution in [3.8, 4) is 23.0 Å². The number of hydrogen-bond acceptors (Lipinski definition) is 6. The predicted molar refractivity (Wildman–Crippen MR) is 88.9 cm³/mol. The second-order valence-electron chi connectivity index (χ2n) is 5.31. The van der Waals surface area contributed by atoms with Gasteiger partial charge >= 0.3 is 0 Å². The summed E-state index contributed by atoms with van der Waals surface area (Å²) in [5.41, 5.74) is 1.50. The number of rotatable bonds is 7. The number of aliphatic hydroxyl groups excluding tert-OH is 1. The van der Waals surface area contributed by atoms with Crippen LogP contribution in [0.25, 0.3) is 0 Å². The molecule has 6 nitrogen and oxygen atoms in total. The number of aliphatic hydroxyl groups is 1. The number of aromatic hydroxyl groups is 2. The maximum atomic E-state index is 9.89. The van der Waals surface area contributed by atoms with Gasteiger partial charge in [0.2, 0.25) is 0 Å². The number of ether oxygens (including phenoxy) is 3. The third-order valence-corrected chi connectivity index (χ3v) is 3.98. The van der Waals surface area contributed by atoms with Gasteiger partial charge in [0.15, 0.2) is 23.0 Å².